The molecule has 3 aromatic rings. The van der Waals surface area contributed by atoms with E-state index in [4.69, 9.17) is 4.74 Å². The normalized spacial score (nSPS) is 18.0. The molecule has 3 aromatic heterocycles. The number of rotatable bonds is 3. The second-order valence-corrected chi connectivity index (χ2v) is 5.65. The molecule has 1 aliphatic rings. The van der Waals surface area contributed by atoms with Crippen LogP contribution in [0.25, 0.3) is 5.65 Å². The van der Waals surface area contributed by atoms with Crippen molar-refractivity contribution in [1.29, 1.82) is 0 Å². The molecular formula is C15H13F3N6O. The van der Waals surface area contributed by atoms with E-state index in [2.05, 4.69) is 20.3 Å². The Kier molecular flexibility index (Phi) is 3.66. The Balaban J connectivity index is 1.54. The van der Waals surface area contributed by atoms with E-state index in [0.717, 1.165) is 10.9 Å². The second-order valence-electron chi connectivity index (χ2n) is 5.65. The van der Waals surface area contributed by atoms with E-state index >= 15 is 0 Å². The first-order valence-corrected chi connectivity index (χ1v) is 7.62. The van der Waals surface area contributed by atoms with Crippen LogP contribution in [0.4, 0.5) is 19.0 Å². The Hall–Kier alpha value is -2.91. The van der Waals surface area contributed by atoms with Gasteiger partial charge in [0.25, 0.3) is 5.82 Å². The molecule has 1 saturated heterocycles. The van der Waals surface area contributed by atoms with E-state index in [9.17, 15) is 13.2 Å². The summed E-state index contributed by atoms with van der Waals surface area (Å²) in [5.41, 5.74) is 0.0541. The summed E-state index contributed by atoms with van der Waals surface area (Å²) in [7, 11) is 0. The van der Waals surface area contributed by atoms with Gasteiger partial charge in [0.1, 0.15) is 17.7 Å². The van der Waals surface area contributed by atoms with Gasteiger partial charge in [0.2, 0.25) is 0 Å². The largest absolute Gasteiger partial charge is 0.487 e. The Bertz CT molecular complexity index is 882. The number of alkyl halides is 3. The molecule has 4 heterocycles. The average molecular weight is 350 g/mol. The smallest absolute Gasteiger partial charge is 0.453 e. The zero-order valence-corrected chi connectivity index (χ0v) is 12.9. The first kappa shape index (κ1) is 15.6. The minimum atomic E-state index is -4.61. The molecule has 1 aliphatic heterocycles. The van der Waals surface area contributed by atoms with Crippen molar-refractivity contribution in [2.24, 2.45) is 0 Å². The Morgan fingerprint density at radius 2 is 2.04 bits per heavy atom. The number of halogens is 3. The Labute approximate surface area is 140 Å². The topological polar surface area (TPSA) is 68.4 Å². The molecule has 1 fully saturated rings. The number of aromatic nitrogens is 5. The summed E-state index contributed by atoms with van der Waals surface area (Å²) in [5.74, 6) is -0.0438. The molecule has 0 radical (unpaired) electrons. The third kappa shape index (κ3) is 3.06. The molecule has 4 rings (SSSR count). The molecule has 130 valence electrons. The molecule has 0 unspecified atom stereocenters. The molecule has 10 heteroatoms. The van der Waals surface area contributed by atoms with Gasteiger partial charge in [-0.25, -0.2) is 0 Å². The highest BCUT2D eigenvalue weighted by atomic mass is 19.4. The summed E-state index contributed by atoms with van der Waals surface area (Å²) in [6.07, 6.45) is -0.667. The predicted octanol–water partition coefficient (Wildman–Crippen LogP) is 2.20. The van der Waals surface area contributed by atoms with Crippen LogP contribution in [0.1, 0.15) is 12.2 Å². The van der Waals surface area contributed by atoms with E-state index in [-0.39, 0.29) is 11.8 Å². The van der Waals surface area contributed by atoms with Crippen LogP contribution < -0.4 is 9.64 Å². The van der Waals surface area contributed by atoms with Crippen LogP contribution in [-0.2, 0) is 6.18 Å². The first-order valence-electron chi connectivity index (χ1n) is 7.62. The van der Waals surface area contributed by atoms with E-state index in [1.807, 2.05) is 11.0 Å². The number of pyridine rings is 1. The molecule has 0 aromatic carbocycles. The average Bonchev–Trinajstić information content (AvgIpc) is 3.21. The highest BCUT2D eigenvalue weighted by molar-refractivity contribution is 5.46. The summed E-state index contributed by atoms with van der Waals surface area (Å²) in [4.78, 5) is 5.87. The molecule has 7 nitrogen and oxygen atoms in total. The van der Waals surface area contributed by atoms with Crippen molar-refractivity contribution in [2.75, 3.05) is 18.0 Å². The molecule has 0 saturated carbocycles. The predicted molar refractivity (Wildman–Crippen MR) is 81.3 cm³/mol. The summed E-state index contributed by atoms with van der Waals surface area (Å²) < 4.78 is 45.4. The third-order valence-electron chi connectivity index (χ3n) is 3.91. The van der Waals surface area contributed by atoms with Crippen LogP contribution in [0.2, 0.25) is 0 Å². The number of ether oxygens (including phenoxy) is 1. The maximum absolute atomic E-state index is 13.0. The lowest BCUT2D eigenvalue weighted by atomic mass is 10.3. The number of nitrogens with zero attached hydrogens (tertiary/aromatic N) is 6. The maximum atomic E-state index is 13.0. The standard InChI is InChI=1S/C15H13F3N6O/c16-15(17,18)14-21-20-12-3-4-13(22-24(12)14)23-7-5-11(9-23)25-10-2-1-6-19-8-10/h1-4,6,8,11H,5,7,9H2/t11-/m0/s1. The van der Waals surface area contributed by atoms with Crippen molar-refractivity contribution >= 4 is 11.5 Å². The molecule has 25 heavy (non-hydrogen) atoms. The molecular weight excluding hydrogens is 337 g/mol. The fourth-order valence-electron chi connectivity index (χ4n) is 2.77. The summed E-state index contributed by atoms with van der Waals surface area (Å²) in [6, 6.07) is 6.70. The molecule has 0 aliphatic carbocycles. The van der Waals surface area contributed by atoms with Gasteiger partial charge in [-0.1, -0.05) is 0 Å². The zero-order valence-electron chi connectivity index (χ0n) is 12.9. The van der Waals surface area contributed by atoms with Crippen molar-refractivity contribution in [3.63, 3.8) is 0 Å². The van der Waals surface area contributed by atoms with Gasteiger partial charge in [0.05, 0.1) is 12.7 Å². The van der Waals surface area contributed by atoms with Crippen LogP contribution in [0, 0.1) is 0 Å². The fraction of sp³-hybridized carbons (Fsp3) is 0.333. The van der Waals surface area contributed by atoms with Gasteiger partial charge in [-0.05, 0) is 24.3 Å². The monoisotopic (exact) mass is 350 g/mol. The Morgan fingerprint density at radius 3 is 2.80 bits per heavy atom. The maximum Gasteiger partial charge on any atom is 0.453 e. The highest BCUT2D eigenvalue weighted by Gasteiger charge is 2.38. The summed E-state index contributed by atoms with van der Waals surface area (Å²) >= 11 is 0. The second kappa shape index (κ2) is 5.87. The summed E-state index contributed by atoms with van der Waals surface area (Å²) in [5, 5.41) is 10.7. The lowest BCUT2D eigenvalue weighted by Crippen LogP contribution is -2.26. The lowest BCUT2D eigenvalue weighted by molar-refractivity contribution is -0.146. The zero-order chi connectivity index (χ0) is 17.4. The van der Waals surface area contributed by atoms with E-state index in [1.165, 1.54) is 6.07 Å². The van der Waals surface area contributed by atoms with Gasteiger partial charge in [-0.2, -0.15) is 17.7 Å². The fourth-order valence-corrected chi connectivity index (χ4v) is 2.77. The minimum absolute atomic E-state index is 0.0541. The number of hydrogen-bond donors (Lipinski definition) is 0. The molecule has 1 atom stereocenters. The number of anilines is 1. The SMILES string of the molecule is FC(F)(F)c1nnc2ccc(N3CC[C@H](Oc4cccnc4)C3)nn12. The van der Waals surface area contributed by atoms with Gasteiger partial charge < -0.3 is 9.64 Å². The van der Waals surface area contributed by atoms with Gasteiger partial charge in [-0.3, -0.25) is 4.98 Å². The number of fused-ring (bicyclic) bond motifs is 1. The lowest BCUT2D eigenvalue weighted by Gasteiger charge is -2.18. The minimum Gasteiger partial charge on any atom is -0.487 e. The van der Waals surface area contributed by atoms with Crippen molar-refractivity contribution in [2.45, 2.75) is 18.7 Å². The first-order chi connectivity index (χ1) is 12.0. The summed E-state index contributed by atoms with van der Waals surface area (Å²) in [6.45, 7) is 1.16. The van der Waals surface area contributed by atoms with Gasteiger partial charge in [0.15, 0.2) is 5.65 Å². The van der Waals surface area contributed by atoms with Crippen molar-refractivity contribution < 1.29 is 17.9 Å². The third-order valence-corrected chi connectivity index (χ3v) is 3.91. The van der Waals surface area contributed by atoms with Crippen molar-refractivity contribution in [3.8, 4) is 5.75 Å². The van der Waals surface area contributed by atoms with Crippen LogP contribution in [0.15, 0.2) is 36.7 Å². The molecule has 0 amide bonds. The number of hydrogen-bond acceptors (Lipinski definition) is 6. The van der Waals surface area contributed by atoms with Gasteiger partial charge in [0, 0.05) is 19.2 Å². The van der Waals surface area contributed by atoms with Crippen LogP contribution >= 0.6 is 0 Å². The quantitative estimate of drug-likeness (QED) is 0.721. The van der Waals surface area contributed by atoms with Crippen LogP contribution in [0.5, 0.6) is 5.75 Å². The van der Waals surface area contributed by atoms with E-state index in [1.54, 1.807) is 24.5 Å². The van der Waals surface area contributed by atoms with E-state index in [0.29, 0.717) is 24.7 Å². The van der Waals surface area contributed by atoms with Crippen LogP contribution in [-0.4, -0.2) is 44.0 Å². The Morgan fingerprint density at radius 1 is 1.16 bits per heavy atom. The van der Waals surface area contributed by atoms with Crippen molar-refractivity contribution in [1.82, 2.24) is 24.8 Å². The molecule has 0 bridgehead atoms. The van der Waals surface area contributed by atoms with Gasteiger partial charge in [-0.15, -0.1) is 15.3 Å². The van der Waals surface area contributed by atoms with Crippen molar-refractivity contribution in [3.05, 3.63) is 42.5 Å². The van der Waals surface area contributed by atoms with Gasteiger partial charge >= 0.3 is 6.18 Å². The molecule has 0 spiro atoms. The van der Waals surface area contributed by atoms with E-state index < -0.39 is 12.0 Å². The molecule has 0 N–H and O–H groups in total. The van der Waals surface area contributed by atoms with Crippen LogP contribution in [0.3, 0.4) is 0 Å². The highest BCUT2D eigenvalue weighted by Crippen LogP contribution is 2.28.